The molecule has 0 aromatic heterocycles. The number of halogens is 1. The zero-order chi connectivity index (χ0) is 19.2. The number of nitrogens with one attached hydrogen (secondary N) is 1. The molecular weight excluding hydrogens is 371 g/mol. The normalized spacial score (nSPS) is 14.0. The molecule has 26 heavy (non-hydrogen) atoms. The molecule has 0 bridgehead atoms. The van der Waals surface area contributed by atoms with Crippen molar-refractivity contribution in [2.75, 3.05) is 26.3 Å². The predicted octanol–water partition coefficient (Wildman–Crippen LogP) is -0.0489. The van der Waals surface area contributed by atoms with Gasteiger partial charge in [-0.3, -0.25) is 19.3 Å². The molecule has 0 aliphatic carbocycles. The van der Waals surface area contributed by atoms with Gasteiger partial charge in [0.2, 0.25) is 0 Å². The van der Waals surface area contributed by atoms with Crippen molar-refractivity contribution in [3.05, 3.63) is 42.0 Å². The van der Waals surface area contributed by atoms with Gasteiger partial charge >= 0.3 is 10.5 Å². The van der Waals surface area contributed by atoms with Crippen molar-refractivity contribution >= 4 is 28.2 Å². The maximum absolute atomic E-state index is 12.5. The van der Waals surface area contributed by atoms with Gasteiger partial charge < -0.3 is 14.2 Å². The molecule has 1 heterocycles. The van der Waals surface area contributed by atoms with Gasteiger partial charge in [0.15, 0.2) is 0 Å². The number of ether oxygens (including phenoxy) is 1. The summed E-state index contributed by atoms with van der Waals surface area (Å²) in [4.78, 5) is 35.5. The number of carbonyl (C=O) groups is 3. The number of rotatable bonds is 9. The Bertz CT molecular complexity index is 820. The average molecular weight is 386 g/mol. The first-order valence-corrected chi connectivity index (χ1v) is 8.71. The maximum atomic E-state index is 12.5. The van der Waals surface area contributed by atoms with Crippen LogP contribution in [0.2, 0.25) is 0 Å². The number of carbonyl (C=O) groups excluding carboxylic acids is 3. The Kier molecular flexibility index (Phi) is 6.41. The van der Waals surface area contributed by atoms with Gasteiger partial charge in [-0.1, -0.05) is 9.95 Å². The SMILES string of the molecule is O=C(NCCOCCN1C(=O)C=CC1=O)c1cccc(OS(=O)(=O)F)c1. The summed E-state index contributed by atoms with van der Waals surface area (Å²) in [6, 6.07) is 4.99. The van der Waals surface area contributed by atoms with Gasteiger partial charge in [0.05, 0.1) is 19.8 Å². The van der Waals surface area contributed by atoms with E-state index in [1.807, 2.05) is 0 Å². The second kappa shape index (κ2) is 8.54. The van der Waals surface area contributed by atoms with Crippen LogP contribution in [-0.4, -0.2) is 57.3 Å². The number of nitrogens with zero attached hydrogens (tertiary/aromatic N) is 1. The van der Waals surface area contributed by atoms with Crippen molar-refractivity contribution in [1.82, 2.24) is 10.2 Å². The minimum Gasteiger partial charge on any atom is -0.378 e. The molecule has 1 N–H and O–H groups in total. The van der Waals surface area contributed by atoms with Crippen LogP contribution in [0, 0.1) is 0 Å². The highest BCUT2D eigenvalue weighted by molar-refractivity contribution is 7.81. The van der Waals surface area contributed by atoms with Gasteiger partial charge in [0.1, 0.15) is 5.75 Å². The highest BCUT2D eigenvalue weighted by Gasteiger charge is 2.22. The molecule has 1 aromatic rings. The third kappa shape index (κ3) is 5.93. The molecule has 0 saturated carbocycles. The monoisotopic (exact) mass is 386 g/mol. The zero-order valence-corrected chi connectivity index (χ0v) is 14.2. The maximum Gasteiger partial charge on any atom is 0.488 e. The molecule has 1 aliphatic heterocycles. The van der Waals surface area contributed by atoms with Gasteiger partial charge in [-0.05, 0) is 18.2 Å². The second-order valence-corrected chi connectivity index (χ2v) is 5.99. The van der Waals surface area contributed by atoms with E-state index in [4.69, 9.17) is 4.74 Å². The molecule has 9 nitrogen and oxygen atoms in total. The van der Waals surface area contributed by atoms with Crippen LogP contribution >= 0.6 is 0 Å². The molecule has 0 fully saturated rings. The summed E-state index contributed by atoms with van der Waals surface area (Å²) in [7, 11) is -5.17. The molecule has 1 aliphatic rings. The quantitative estimate of drug-likeness (QED) is 0.359. The topological polar surface area (TPSA) is 119 Å². The van der Waals surface area contributed by atoms with Gasteiger partial charge in [-0.25, -0.2) is 0 Å². The molecule has 11 heteroatoms. The predicted molar refractivity (Wildman–Crippen MR) is 86.1 cm³/mol. The highest BCUT2D eigenvalue weighted by Crippen LogP contribution is 2.15. The fourth-order valence-corrected chi connectivity index (χ4v) is 2.39. The third-order valence-corrected chi connectivity index (χ3v) is 3.58. The van der Waals surface area contributed by atoms with E-state index in [9.17, 15) is 26.7 Å². The summed E-state index contributed by atoms with van der Waals surface area (Å²) in [5, 5.41) is 2.51. The van der Waals surface area contributed by atoms with Crippen molar-refractivity contribution in [3.8, 4) is 5.75 Å². The Morgan fingerprint density at radius 1 is 1.15 bits per heavy atom. The highest BCUT2D eigenvalue weighted by atomic mass is 32.3. The minimum absolute atomic E-state index is 0.0745. The van der Waals surface area contributed by atoms with Crippen molar-refractivity contribution in [3.63, 3.8) is 0 Å². The van der Waals surface area contributed by atoms with E-state index in [1.165, 1.54) is 30.4 Å². The smallest absolute Gasteiger partial charge is 0.378 e. The first-order valence-electron chi connectivity index (χ1n) is 7.40. The summed E-state index contributed by atoms with van der Waals surface area (Å²) in [6.07, 6.45) is 2.35. The lowest BCUT2D eigenvalue weighted by molar-refractivity contribution is -0.137. The fourth-order valence-electron chi connectivity index (χ4n) is 2.05. The van der Waals surface area contributed by atoms with Crippen LogP contribution in [0.5, 0.6) is 5.75 Å². The lowest BCUT2D eigenvalue weighted by atomic mass is 10.2. The van der Waals surface area contributed by atoms with E-state index in [0.717, 1.165) is 11.0 Å². The van der Waals surface area contributed by atoms with Crippen LogP contribution in [0.1, 0.15) is 10.4 Å². The second-order valence-electron chi connectivity index (χ2n) is 5.03. The molecular formula is C15H15FN2O7S. The van der Waals surface area contributed by atoms with Crippen LogP contribution in [0.15, 0.2) is 36.4 Å². The van der Waals surface area contributed by atoms with E-state index in [0.29, 0.717) is 0 Å². The number of benzene rings is 1. The number of amides is 3. The van der Waals surface area contributed by atoms with Gasteiger partial charge in [0, 0.05) is 24.3 Å². The molecule has 0 saturated heterocycles. The van der Waals surface area contributed by atoms with Crippen LogP contribution in [0.4, 0.5) is 3.89 Å². The van der Waals surface area contributed by atoms with Crippen molar-refractivity contribution < 1.29 is 35.6 Å². The molecule has 140 valence electrons. The zero-order valence-electron chi connectivity index (χ0n) is 13.4. The van der Waals surface area contributed by atoms with Crippen LogP contribution in [0.3, 0.4) is 0 Å². The Morgan fingerprint density at radius 3 is 2.50 bits per heavy atom. The Balaban J connectivity index is 1.70. The Labute approximate surface area is 148 Å². The molecule has 0 radical (unpaired) electrons. The van der Waals surface area contributed by atoms with E-state index in [1.54, 1.807) is 0 Å². The number of hydrogen-bond donors (Lipinski definition) is 1. The lowest BCUT2D eigenvalue weighted by Crippen LogP contribution is -2.34. The Hall–Kier alpha value is -2.79. The van der Waals surface area contributed by atoms with E-state index in [-0.39, 0.29) is 37.6 Å². The Morgan fingerprint density at radius 2 is 1.85 bits per heavy atom. The largest absolute Gasteiger partial charge is 0.488 e. The number of hydrogen-bond acceptors (Lipinski definition) is 7. The van der Waals surface area contributed by atoms with Gasteiger partial charge in [-0.15, -0.1) is 0 Å². The summed E-state index contributed by atoms with van der Waals surface area (Å²) < 4.78 is 42.6. The summed E-state index contributed by atoms with van der Waals surface area (Å²) in [5.41, 5.74) is 0.0745. The molecule has 0 spiro atoms. The van der Waals surface area contributed by atoms with E-state index >= 15 is 0 Å². The standard InChI is InChI=1S/C15H15FN2O7S/c16-26(22,23)25-12-3-1-2-11(10-12)15(21)17-6-8-24-9-7-18-13(19)4-5-14(18)20/h1-5,10H,6-9H2,(H,17,21). The molecule has 0 unspecified atom stereocenters. The van der Waals surface area contributed by atoms with Crippen molar-refractivity contribution in [2.45, 2.75) is 0 Å². The fraction of sp³-hybridized carbons (Fsp3) is 0.267. The van der Waals surface area contributed by atoms with E-state index < -0.39 is 28.2 Å². The summed E-state index contributed by atoms with van der Waals surface area (Å²) in [5.74, 6) is -1.66. The van der Waals surface area contributed by atoms with Crippen molar-refractivity contribution in [2.24, 2.45) is 0 Å². The summed E-state index contributed by atoms with van der Waals surface area (Å²) >= 11 is 0. The molecule has 0 atom stereocenters. The van der Waals surface area contributed by atoms with Gasteiger partial charge in [0.25, 0.3) is 17.7 Å². The minimum atomic E-state index is -5.17. The molecule has 1 aromatic carbocycles. The van der Waals surface area contributed by atoms with Crippen LogP contribution in [0.25, 0.3) is 0 Å². The van der Waals surface area contributed by atoms with Crippen LogP contribution in [-0.2, 0) is 24.8 Å². The van der Waals surface area contributed by atoms with Gasteiger partial charge in [-0.2, -0.15) is 8.42 Å². The average Bonchev–Trinajstić information content (AvgIpc) is 2.88. The summed E-state index contributed by atoms with van der Waals surface area (Å²) in [6.45, 7) is 0.484. The number of imide groups is 1. The molecule has 2 rings (SSSR count). The van der Waals surface area contributed by atoms with E-state index in [2.05, 4.69) is 9.50 Å². The molecule has 3 amide bonds. The third-order valence-electron chi connectivity index (χ3n) is 3.18. The lowest BCUT2D eigenvalue weighted by Gasteiger charge is -2.13. The van der Waals surface area contributed by atoms with Crippen molar-refractivity contribution in [1.29, 1.82) is 0 Å². The van der Waals surface area contributed by atoms with Crippen LogP contribution < -0.4 is 9.50 Å². The first-order chi connectivity index (χ1) is 12.3. The first kappa shape index (κ1) is 19.5.